The highest BCUT2D eigenvalue weighted by Crippen LogP contribution is 2.37. The number of aliphatic carboxylic acids is 1. The van der Waals surface area contributed by atoms with Gasteiger partial charge in [-0.15, -0.1) is 0 Å². The summed E-state index contributed by atoms with van der Waals surface area (Å²) in [6.45, 7) is 9.22. The minimum atomic E-state index is -0.824. The number of hydrogen-bond acceptors (Lipinski definition) is 4. The summed E-state index contributed by atoms with van der Waals surface area (Å²) in [5, 5.41) is 8.93. The number of nitrogens with zero attached hydrogens (tertiary/aromatic N) is 1. The SMILES string of the molecule is CC(C)(C)OC(=O)N1C(Cc2ccccc2)C(CCCC(=O)O)OC1(C)C. The number of carbonyl (C=O) groups is 2. The monoisotopic (exact) mass is 377 g/mol. The molecule has 6 heteroatoms. The van der Waals surface area contributed by atoms with Gasteiger partial charge >= 0.3 is 12.1 Å². The van der Waals surface area contributed by atoms with Gasteiger partial charge in [0.25, 0.3) is 0 Å². The zero-order chi connectivity index (χ0) is 20.2. The number of ether oxygens (including phenoxy) is 2. The molecule has 150 valence electrons. The summed E-state index contributed by atoms with van der Waals surface area (Å²) in [4.78, 5) is 25.5. The third kappa shape index (κ3) is 5.96. The second-order valence-electron chi connectivity index (χ2n) is 8.50. The standard InChI is InChI=1S/C21H31NO5/c1-20(2,3)27-19(25)22-16(14-15-10-7-6-8-11-15)17(26-21(22,4)5)12-9-13-18(23)24/h6-8,10-11,16-17H,9,12-14H2,1-5H3,(H,23,24). The Morgan fingerprint density at radius 1 is 1.22 bits per heavy atom. The molecule has 1 aliphatic rings. The number of hydrogen-bond donors (Lipinski definition) is 1. The van der Waals surface area contributed by atoms with Crippen LogP contribution in [0.2, 0.25) is 0 Å². The Morgan fingerprint density at radius 3 is 2.41 bits per heavy atom. The molecule has 0 spiro atoms. The number of carboxylic acids is 1. The van der Waals surface area contributed by atoms with Gasteiger partial charge in [-0.3, -0.25) is 9.69 Å². The summed E-state index contributed by atoms with van der Waals surface area (Å²) in [5.74, 6) is -0.823. The van der Waals surface area contributed by atoms with Crippen LogP contribution in [0, 0.1) is 0 Å². The molecule has 0 radical (unpaired) electrons. The molecule has 0 bridgehead atoms. The molecule has 27 heavy (non-hydrogen) atoms. The quantitative estimate of drug-likeness (QED) is 0.803. The van der Waals surface area contributed by atoms with Crippen LogP contribution in [-0.4, -0.2) is 45.5 Å². The van der Waals surface area contributed by atoms with Crippen molar-refractivity contribution in [1.29, 1.82) is 0 Å². The van der Waals surface area contributed by atoms with Crippen LogP contribution in [0.1, 0.15) is 59.4 Å². The molecule has 6 nitrogen and oxygen atoms in total. The molecule has 2 rings (SSSR count). The molecular weight excluding hydrogens is 346 g/mol. The van der Waals surface area contributed by atoms with Gasteiger partial charge in [-0.05, 0) is 59.4 Å². The van der Waals surface area contributed by atoms with E-state index in [4.69, 9.17) is 14.6 Å². The van der Waals surface area contributed by atoms with E-state index in [1.807, 2.05) is 65.0 Å². The van der Waals surface area contributed by atoms with E-state index in [1.165, 1.54) is 0 Å². The highest BCUT2D eigenvalue weighted by molar-refractivity contribution is 5.70. The van der Waals surface area contributed by atoms with E-state index in [9.17, 15) is 9.59 Å². The molecule has 1 N–H and O–H groups in total. The third-order valence-corrected chi connectivity index (χ3v) is 4.54. The van der Waals surface area contributed by atoms with Gasteiger partial charge in [-0.1, -0.05) is 30.3 Å². The zero-order valence-electron chi connectivity index (χ0n) is 16.9. The smallest absolute Gasteiger partial charge is 0.412 e. The Labute approximate surface area is 161 Å². The van der Waals surface area contributed by atoms with E-state index >= 15 is 0 Å². The van der Waals surface area contributed by atoms with Gasteiger partial charge in [-0.2, -0.15) is 0 Å². The van der Waals surface area contributed by atoms with Crippen LogP contribution in [0.5, 0.6) is 0 Å². The molecule has 1 amide bonds. The topological polar surface area (TPSA) is 76.1 Å². The van der Waals surface area contributed by atoms with Gasteiger partial charge in [0.1, 0.15) is 11.3 Å². The maximum absolute atomic E-state index is 12.9. The molecule has 1 saturated heterocycles. The van der Waals surface area contributed by atoms with Gasteiger partial charge in [-0.25, -0.2) is 4.79 Å². The van der Waals surface area contributed by atoms with Crippen molar-refractivity contribution >= 4 is 12.1 Å². The largest absolute Gasteiger partial charge is 0.481 e. The van der Waals surface area contributed by atoms with E-state index in [-0.39, 0.29) is 18.6 Å². The number of benzene rings is 1. The summed E-state index contributed by atoms with van der Waals surface area (Å²) in [7, 11) is 0. The maximum atomic E-state index is 12.9. The number of carboxylic acid groups (broad SMARTS) is 1. The maximum Gasteiger partial charge on any atom is 0.412 e. The van der Waals surface area contributed by atoms with Gasteiger partial charge in [0.15, 0.2) is 0 Å². The Morgan fingerprint density at radius 2 is 1.85 bits per heavy atom. The molecule has 1 heterocycles. The van der Waals surface area contributed by atoms with Crippen molar-refractivity contribution in [3.8, 4) is 0 Å². The predicted octanol–water partition coefficient (Wildman–Crippen LogP) is 4.22. The summed E-state index contributed by atoms with van der Waals surface area (Å²) in [6, 6.07) is 9.71. The second kappa shape index (κ2) is 8.30. The molecule has 2 atom stereocenters. The Bertz CT molecular complexity index is 650. The first-order valence-electron chi connectivity index (χ1n) is 9.45. The van der Waals surface area contributed by atoms with Crippen molar-refractivity contribution in [2.24, 2.45) is 0 Å². The van der Waals surface area contributed by atoms with E-state index in [2.05, 4.69) is 0 Å². The van der Waals surface area contributed by atoms with Crippen molar-refractivity contribution in [2.75, 3.05) is 0 Å². The molecule has 1 aromatic rings. The molecule has 1 aromatic carbocycles. The third-order valence-electron chi connectivity index (χ3n) is 4.54. The van der Waals surface area contributed by atoms with Crippen molar-refractivity contribution in [3.63, 3.8) is 0 Å². The first kappa shape index (κ1) is 21.2. The lowest BCUT2D eigenvalue weighted by molar-refractivity contribution is -0.137. The highest BCUT2D eigenvalue weighted by Gasteiger charge is 2.50. The van der Waals surface area contributed by atoms with Gasteiger partial charge in [0, 0.05) is 6.42 Å². The first-order valence-corrected chi connectivity index (χ1v) is 9.45. The lowest BCUT2D eigenvalue weighted by atomic mass is 9.97. The lowest BCUT2D eigenvalue weighted by Gasteiger charge is -2.35. The fourth-order valence-corrected chi connectivity index (χ4v) is 3.52. The van der Waals surface area contributed by atoms with E-state index in [1.54, 1.807) is 4.90 Å². The summed E-state index contributed by atoms with van der Waals surface area (Å²) < 4.78 is 11.8. The molecule has 0 saturated carbocycles. The van der Waals surface area contributed by atoms with E-state index in [0.29, 0.717) is 19.3 Å². The Kier molecular flexibility index (Phi) is 6.52. The molecule has 0 aromatic heterocycles. The summed E-state index contributed by atoms with van der Waals surface area (Å²) in [5.41, 5.74) is -0.331. The Balaban J connectivity index is 2.25. The molecule has 1 fully saturated rings. The normalized spacial score (nSPS) is 21.9. The van der Waals surface area contributed by atoms with Crippen molar-refractivity contribution in [1.82, 2.24) is 4.90 Å². The summed E-state index contributed by atoms with van der Waals surface area (Å²) >= 11 is 0. The minimum Gasteiger partial charge on any atom is -0.481 e. The van der Waals surface area contributed by atoms with Crippen LogP contribution in [-0.2, 0) is 20.7 Å². The van der Waals surface area contributed by atoms with E-state index in [0.717, 1.165) is 5.56 Å². The summed E-state index contributed by atoms with van der Waals surface area (Å²) in [6.07, 6.45) is 1.14. The zero-order valence-corrected chi connectivity index (χ0v) is 16.9. The van der Waals surface area contributed by atoms with Gasteiger partial charge < -0.3 is 14.6 Å². The Hall–Kier alpha value is -2.08. The lowest BCUT2D eigenvalue weighted by Crippen LogP contribution is -2.51. The molecule has 2 unspecified atom stereocenters. The fourth-order valence-electron chi connectivity index (χ4n) is 3.52. The average Bonchev–Trinajstić information content (AvgIpc) is 2.76. The number of carbonyl (C=O) groups excluding carboxylic acids is 1. The fraction of sp³-hybridized carbons (Fsp3) is 0.619. The van der Waals surface area contributed by atoms with Crippen LogP contribution in [0.3, 0.4) is 0 Å². The second-order valence-corrected chi connectivity index (χ2v) is 8.50. The number of rotatable bonds is 6. The van der Waals surface area contributed by atoms with Crippen LogP contribution in [0.15, 0.2) is 30.3 Å². The molecule has 0 aliphatic carbocycles. The first-order chi connectivity index (χ1) is 12.5. The van der Waals surface area contributed by atoms with Gasteiger partial charge in [0.2, 0.25) is 0 Å². The highest BCUT2D eigenvalue weighted by atomic mass is 16.6. The van der Waals surface area contributed by atoms with E-state index < -0.39 is 23.4 Å². The van der Waals surface area contributed by atoms with Crippen molar-refractivity contribution in [2.45, 2.75) is 83.8 Å². The van der Waals surface area contributed by atoms with Crippen LogP contribution in [0.25, 0.3) is 0 Å². The van der Waals surface area contributed by atoms with Crippen LogP contribution >= 0.6 is 0 Å². The molecule has 1 aliphatic heterocycles. The number of amides is 1. The van der Waals surface area contributed by atoms with Crippen LogP contribution < -0.4 is 0 Å². The predicted molar refractivity (Wildman–Crippen MR) is 102 cm³/mol. The minimum absolute atomic E-state index is 0.0881. The van der Waals surface area contributed by atoms with Gasteiger partial charge in [0.05, 0.1) is 12.1 Å². The molecular formula is C21H31NO5. The van der Waals surface area contributed by atoms with Crippen molar-refractivity contribution < 1.29 is 24.2 Å². The average molecular weight is 377 g/mol. The van der Waals surface area contributed by atoms with Crippen LogP contribution in [0.4, 0.5) is 4.79 Å². The van der Waals surface area contributed by atoms with Crippen molar-refractivity contribution in [3.05, 3.63) is 35.9 Å².